The average Bonchev–Trinajstić information content (AvgIpc) is 1.57. The highest BCUT2D eigenvalue weighted by atomic mass is 16.3. The molecule has 568 valence electrons. The summed E-state index contributed by atoms with van der Waals surface area (Å²) in [5, 5.41) is 18.6. The Labute approximate surface area is 703 Å². The van der Waals surface area contributed by atoms with E-state index in [-0.39, 0.29) is 0 Å². The predicted molar refractivity (Wildman–Crippen MR) is 507 cm³/mol. The van der Waals surface area contributed by atoms with Crippen molar-refractivity contribution in [2.24, 2.45) is 0 Å². The van der Waals surface area contributed by atoms with Gasteiger partial charge < -0.3 is 8.83 Å². The summed E-state index contributed by atoms with van der Waals surface area (Å²) in [7, 11) is 0. The molecule has 0 fully saturated rings. The number of rotatable bonds is 12. The Morgan fingerprint density at radius 3 is 0.795 bits per heavy atom. The third kappa shape index (κ3) is 13.0. The van der Waals surface area contributed by atoms with Crippen LogP contribution in [0.15, 0.2) is 440 Å². The van der Waals surface area contributed by atoms with Crippen LogP contribution in [0.4, 0.5) is 0 Å². The lowest BCUT2D eigenvalue weighted by atomic mass is 9.92. The third-order valence-corrected chi connectivity index (χ3v) is 23.9. The SMILES string of the molecule is c1ccc(-c2cc(-c3ccc4cc(-c5ccc6cc(-c7cccc8oc9c%10ccccc%10c(-c%10ccccc%10)cc9c78)ccc6c5)ccc4c3)nc(-c3ccccc3)n2)cc1.c1ccc(-c2nc(-c3ccccc3)nc(-c3ccc4cc(-c5ccc6cc(-c7cccc8oc9c%10ccccc%10c(-c%10ccccc%10)cc9c78)ccc6c5)ccc4c3)n2)cc1. The minimum Gasteiger partial charge on any atom is -0.455 e. The van der Waals surface area contributed by atoms with Crippen molar-refractivity contribution in [2.75, 3.05) is 0 Å². The van der Waals surface area contributed by atoms with Gasteiger partial charge in [0.2, 0.25) is 0 Å². The van der Waals surface area contributed by atoms with Crippen molar-refractivity contribution in [1.29, 1.82) is 0 Å². The fraction of sp³-hybridized carbons (Fsp3) is 0. The van der Waals surface area contributed by atoms with E-state index >= 15 is 0 Å². The first-order valence-electron chi connectivity index (χ1n) is 41.3. The van der Waals surface area contributed by atoms with E-state index in [0.29, 0.717) is 23.3 Å². The van der Waals surface area contributed by atoms with Crippen molar-refractivity contribution in [3.63, 3.8) is 0 Å². The van der Waals surface area contributed by atoms with Crippen LogP contribution < -0.4 is 0 Å². The van der Waals surface area contributed by atoms with Gasteiger partial charge in [0.1, 0.15) is 22.3 Å². The van der Waals surface area contributed by atoms with Crippen LogP contribution in [0.5, 0.6) is 0 Å². The summed E-state index contributed by atoms with van der Waals surface area (Å²) in [6, 6.07) is 152. The topological polar surface area (TPSA) is 90.7 Å². The molecule has 0 aliphatic rings. The van der Waals surface area contributed by atoms with Gasteiger partial charge in [0, 0.05) is 65.7 Å². The molecule has 0 aliphatic carbocycles. The number of furan rings is 2. The van der Waals surface area contributed by atoms with Crippen molar-refractivity contribution in [3.8, 4) is 135 Å². The second kappa shape index (κ2) is 30.0. The Kier molecular flexibility index (Phi) is 17.4. The van der Waals surface area contributed by atoms with E-state index in [1.54, 1.807) is 0 Å². The van der Waals surface area contributed by atoms with Crippen LogP contribution in [0.3, 0.4) is 0 Å². The molecule has 0 unspecified atom stereocenters. The van der Waals surface area contributed by atoms with E-state index in [1.165, 1.54) is 93.3 Å². The number of aromatic nitrogens is 5. The van der Waals surface area contributed by atoms with Crippen LogP contribution in [0.25, 0.3) is 243 Å². The fourth-order valence-electron chi connectivity index (χ4n) is 17.8. The van der Waals surface area contributed by atoms with Crippen LogP contribution in [0.2, 0.25) is 0 Å². The zero-order chi connectivity index (χ0) is 80.6. The van der Waals surface area contributed by atoms with Gasteiger partial charge in [-0.2, -0.15) is 0 Å². The monoisotopic (exact) mass is 1550 g/mol. The normalized spacial score (nSPS) is 11.6. The summed E-state index contributed by atoms with van der Waals surface area (Å²) in [6.45, 7) is 0. The maximum absolute atomic E-state index is 6.67. The predicted octanol–water partition coefficient (Wildman–Crippen LogP) is 31.1. The largest absolute Gasteiger partial charge is 0.455 e. The summed E-state index contributed by atoms with van der Waals surface area (Å²) in [6.07, 6.45) is 0. The number of hydrogen-bond donors (Lipinski definition) is 0. The Bertz CT molecular complexity index is 7630. The zero-order valence-corrected chi connectivity index (χ0v) is 66.0. The van der Waals surface area contributed by atoms with Gasteiger partial charge in [0.25, 0.3) is 0 Å². The summed E-state index contributed by atoms with van der Waals surface area (Å²) in [5.74, 6) is 2.67. The third-order valence-electron chi connectivity index (χ3n) is 23.9. The smallest absolute Gasteiger partial charge is 0.164 e. The molecule has 0 aliphatic heterocycles. The van der Waals surface area contributed by atoms with Crippen molar-refractivity contribution in [2.45, 2.75) is 0 Å². The first-order chi connectivity index (χ1) is 60.4. The molecule has 24 aromatic rings. The Morgan fingerprint density at radius 2 is 0.418 bits per heavy atom. The molecule has 0 bridgehead atoms. The van der Waals surface area contributed by atoms with Crippen molar-refractivity contribution < 1.29 is 8.83 Å². The summed E-state index contributed by atoms with van der Waals surface area (Å²) < 4.78 is 13.3. The Hall–Kier alpha value is -16.4. The molecule has 122 heavy (non-hydrogen) atoms. The Morgan fingerprint density at radius 1 is 0.148 bits per heavy atom. The second-order valence-corrected chi connectivity index (χ2v) is 31.3. The summed E-state index contributed by atoms with van der Waals surface area (Å²) in [4.78, 5) is 24.8. The molecule has 0 amide bonds. The van der Waals surface area contributed by atoms with Crippen molar-refractivity contribution in [1.82, 2.24) is 24.9 Å². The molecular weight excluding hydrogens is 1480 g/mol. The maximum atomic E-state index is 6.67. The number of hydrogen-bond acceptors (Lipinski definition) is 7. The first-order valence-corrected chi connectivity index (χ1v) is 41.3. The zero-order valence-electron chi connectivity index (χ0n) is 66.0. The van der Waals surface area contributed by atoms with E-state index < -0.39 is 0 Å². The fourth-order valence-corrected chi connectivity index (χ4v) is 17.8. The van der Waals surface area contributed by atoms with E-state index in [1.807, 2.05) is 97.1 Å². The first kappa shape index (κ1) is 71.0. The average molecular weight is 1550 g/mol. The van der Waals surface area contributed by atoms with Crippen LogP contribution in [-0.2, 0) is 0 Å². The molecule has 0 saturated heterocycles. The van der Waals surface area contributed by atoms with Gasteiger partial charge in [-0.3, -0.25) is 0 Å². The number of nitrogens with zero attached hydrogens (tertiary/aromatic N) is 5. The molecular formula is C115H71N5O2. The van der Waals surface area contributed by atoms with E-state index in [0.717, 1.165) is 127 Å². The molecule has 20 aromatic carbocycles. The molecule has 0 atom stereocenters. The lowest BCUT2D eigenvalue weighted by Crippen LogP contribution is -2.00. The second-order valence-electron chi connectivity index (χ2n) is 31.3. The lowest BCUT2D eigenvalue weighted by Gasteiger charge is -2.11. The van der Waals surface area contributed by atoms with Crippen LogP contribution in [0, 0.1) is 0 Å². The minimum absolute atomic E-state index is 0.648. The molecule has 4 aromatic heterocycles. The van der Waals surface area contributed by atoms with Gasteiger partial charge >= 0.3 is 0 Å². The quantitative estimate of drug-likeness (QED) is 0.120. The molecule has 7 nitrogen and oxygen atoms in total. The van der Waals surface area contributed by atoms with Gasteiger partial charge in [-0.05, 0) is 199 Å². The molecule has 4 heterocycles. The van der Waals surface area contributed by atoms with Crippen LogP contribution >= 0.6 is 0 Å². The molecule has 0 radical (unpaired) electrons. The summed E-state index contributed by atoms with van der Waals surface area (Å²) >= 11 is 0. The van der Waals surface area contributed by atoms with Crippen LogP contribution in [0.1, 0.15) is 0 Å². The maximum Gasteiger partial charge on any atom is 0.164 e. The molecule has 0 saturated carbocycles. The van der Waals surface area contributed by atoms with Gasteiger partial charge in [-0.25, -0.2) is 24.9 Å². The molecule has 7 heteroatoms. The van der Waals surface area contributed by atoms with E-state index in [4.69, 9.17) is 33.8 Å². The minimum atomic E-state index is 0.648. The standard InChI is InChI=1S/C58H36N2O.C57H35N3O/c1-4-13-37(14-5-1)51-35-52-56-48(21-12-22-55(56)61-57(52)50-20-11-10-19-49(50)51)46-29-27-42-31-40(23-25-44(42)33-46)41-24-26-45-34-47(30-28-43(45)32-41)54-36-53(38-15-6-2-7-16-38)59-58(60-54)39-17-8-3-9-18-39;1-4-13-36(14-5-1)50-35-51-53-47(21-12-22-52(53)61-54(51)49-20-11-10-19-48(49)50)45-29-27-41-31-39(23-25-43(41)33-45)40-24-26-44-34-46(30-28-42(44)32-40)57-59-55(37-15-6-2-7-16-37)58-56(60-57)38-17-8-3-9-18-38/h1-36H;1-35H. The van der Waals surface area contributed by atoms with E-state index in [2.05, 4.69) is 334 Å². The number of fused-ring (bicyclic) bond motifs is 14. The van der Waals surface area contributed by atoms with Crippen molar-refractivity contribution >= 4 is 109 Å². The number of benzene rings is 20. The molecule has 0 N–H and O–H groups in total. The van der Waals surface area contributed by atoms with Gasteiger partial charge in [0.05, 0.1) is 11.4 Å². The highest BCUT2D eigenvalue weighted by Crippen LogP contribution is 2.47. The molecule has 0 spiro atoms. The van der Waals surface area contributed by atoms with Gasteiger partial charge in [0.15, 0.2) is 23.3 Å². The van der Waals surface area contributed by atoms with Crippen molar-refractivity contribution in [3.05, 3.63) is 431 Å². The van der Waals surface area contributed by atoms with Gasteiger partial charge in [-0.15, -0.1) is 0 Å². The Balaban J connectivity index is 0.000000142. The highest BCUT2D eigenvalue weighted by molar-refractivity contribution is 6.24. The molecule has 24 rings (SSSR count). The lowest BCUT2D eigenvalue weighted by molar-refractivity contribution is 0.672. The van der Waals surface area contributed by atoms with Crippen LogP contribution in [-0.4, -0.2) is 24.9 Å². The van der Waals surface area contributed by atoms with Gasteiger partial charge in [-0.1, -0.05) is 352 Å². The highest BCUT2D eigenvalue weighted by Gasteiger charge is 2.23. The van der Waals surface area contributed by atoms with E-state index in [9.17, 15) is 0 Å². The summed E-state index contributed by atoms with van der Waals surface area (Å²) in [5.41, 5.74) is 25.6.